The van der Waals surface area contributed by atoms with Gasteiger partial charge in [-0.25, -0.2) is 13.8 Å². The Balaban J connectivity index is 1.49. The molecule has 4 rings (SSSR count). The number of carbonyl (C=O) groups is 1. The lowest BCUT2D eigenvalue weighted by Gasteiger charge is -2.24. The van der Waals surface area contributed by atoms with Crippen molar-refractivity contribution in [2.75, 3.05) is 18.0 Å². The first-order chi connectivity index (χ1) is 20.1. The van der Waals surface area contributed by atoms with Crippen molar-refractivity contribution in [3.8, 4) is 11.5 Å². The van der Waals surface area contributed by atoms with Crippen LogP contribution in [-0.4, -0.2) is 34.2 Å². The number of carbonyl (C=O) groups excluding carboxylic acids is 1. The van der Waals surface area contributed by atoms with Crippen LogP contribution >= 0.6 is 27.5 Å². The monoisotopic (exact) mass is 669 g/mol. The minimum atomic E-state index is -4.03. The zero-order chi connectivity index (χ0) is 30.3. The molecule has 0 heterocycles. The van der Waals surface area contributed by atoms with E-state index in [9.17, 15) is 13.2 Å². The van der Waals surface area contributed by atoms with Crippen LogP contribution in [0.3, 0.4) is 0 Å². The van der Waals surface area contributed by atoms with Gasteiger partial charge in [0.1, 0.15) is 13.2 Å². The van der Waals surface area contributed by atoms with E-state index in [1.807, 2.05) is 38.1 Å². The van der Waals surface area contributed by atoms with Crippen molar-refractivity contribution >= 4 is 55.4 Å². The van der Waals surface area contributed by atoms with Gasteiger partial charge in [0.05, 0.1) is 28.4 Å². The molecule has 0 fully saturated rings. The van der Waals surface area contributed by atoms with Gasteiger partial charge in [-0.05, 0) is 83.4 Å². The minimum Gasteiger partial charge on any atom is -0.493 e. The van der Waals surface area contributed by atoms with E-state index in [0.717, 1.165) is 21.0 Å². The van der Waals surface area contributed by atoms with Crippen molar-refractivity contribution in [2.45, 2.75) is 25.3 Å². The Bertz CT molecular complexity index is 1710. The number of sulfonamides is 1. The molecule has 0 aromatic heterocycles. The maximum atomic E-state index is 13.6. The molecule has 0 saturated heterocycles. The van der Waals surface area contributed by atoms with Gasteiger partial charge in [-0.15, -0.1) is 0 Å². The van der Waals surface area contributed by atoms with Crippen LogP contribution in [-0.2, 0) is 21.4 Å². The molecule has 8 nitrogen and oxygen atoms in total. The van der Waals surface area contributed by atoms with Crippen LogP contribution in [0.25, 0.3) is 0 Å². The second-order valence-electron chi connectivity index (χ2n) is 9.37. The number of ether oxygens (including phenoxy) is 2. The predicted octanol–water partition coefficient (Wildman–Crippen LogP) is 6.65. The summed E-state index contributed by atoms with van der Waals surface area (Å²) in [6, 6.07) is 24.3. The second kappa shape index (κ2) is 13.9. The maximum absolute atomic E-state index is 13.6. The first kappa shape index (κ1) is 31.1. The average Bonchev–Trinajstić information content (AvgIpc) is 2.96. The summed E-state index contributed by atoms with van der Waals surface area (Å²) in [5.74, 6) is 0.307. The lowest BCUT2D eigenvalue weighted by molar-refractivity contribution is -0.119. The predicted molar refractivity (Wildman–Crippen MR) is 169 cm³/mol. The molecule has 0 unspecified atom stereocenters. The van der Waals surface area contributed by atoms with Crippen molar-refractivity contribution < 1.29 is 22.7 Å². The topological polar surface area (TPSA) is 97.3 Å². The first-order valence-corrected chi connectivity index (χ1v) is 15.4. The van der Waals surface area contributed by atoms with E-state index in [4.69, 9.17) is 21.1 Å². The quantitative estimate of drug-likeness (QED) is 0.142. The van der Waals surface area contributed by atoms with E-state index in [1.54, 1.807) is 48.5 Å². The number of amides is 1. The lowest BCUT2D eigenvalue weighted by Crippen LogP contribution is -2.39. The number of halogens is 2. The Hall–Kier alpha value is -3.86. The molecule has 0 radical (unpaired) electrons. The molecule has 0 atom stereocenters. The van der Waals surface area contributed by atoms with Crippen LogP contribution < -0.4 is 19.2 Å². The van der Waals surface area contributed by atoms with Crippen molar-refractivity contribution in [2.24, 2.45) is 5.10 Å². The normalized spacial score (nSPS) is 11.4. The molecular weight excluding hydrogens is 642 g/mol. The molecule has 11 heteroatoms. The molecular formula is C31H29BrClN3O5S. The number of rotatable bonds is 11. The van der Waals surface area contributed by atoms with Crippen LogP contribution in [0.4, 0.5) is 5.69 Å². The van der Waals surface area contributed by atoms with Gasteiger partial charge in [-0.1, -0.05) is 59.6 Å². The van der Waals surface area contributed by atoms with E-state index >= 15 is 0 Å². The number of hydrogen-bond donors (Lipinski definition) is 1. The summed E-state index contributed by atoms with van der Waals surface area (Å²) >= 11 is 9.74. The number of aryl methyl sites for hydroxylation is 2. The molecule has 0 aliphatic rings. The van der Waals surface area contributed by atoms with Crippen molar-refractivity contribution in [1.82, 2.24) is 5.43 Å². The number of nitrogens with zero attached hydrogens (tertiary/aromatic N) is 2. The third-order valence-corrected chi connectivity index (χ3v) is 8.92. The molecule has 0 spiro atoms. The lowest BCUT2D eigenvalue weighted by atomic mass is 10.2. The van der Waals surface area contributed by atoms with Crippen LogP contribution in [0.15, 0.2) is 99.4 Å². The fourth-order valence-electron chi connectivity index (χ4n) is 4.00. The van der Waals surface area contributed by atoms with Crippen molar-refractivity contribution in [1.29, 1.82) is 0 Å². The standard InChI is InChI=1S/C31H29BrClN3O5S/c1-21-11-13-26(14-12-21)42(38,39)36(25-9-6-7-22(2)15-25)19-30(37)35-34-18-23-16-27(32)31(29(17-23)40-3)41-20-24-8-4-5-10-28(24)33/h4-18H,19-20H2,1-3H3,(H,35,37)/b34-18+. The summed E-state index contributed by atoms with van der Waals surface area (Å²) in [6.45, 7) is 3.49. The summed E-state index contributed by atoms with van der Waals surface area (Å²) in [5, 5.41) is 4.64. The van der Waals surface area contributed by atoms with Crippen LogP contribution in [0.1, 0.15) is 22.3 Å². The van der Waals surface area contributed by atoms with E-state index in [2.05, 4.69) is 26.5 Å². The van der Waals surface area contributed by atoms with Gasteiger partial charge in [0.15, 0.2) is 11.5 Å². The van der Waals surface area contributed by atoms with E-state index in [0.29, 0.717) is 32.2 Å². The molecule has 4 aromatic rings. The molecule has 218 valence electrons. The molecule has 42 heavy (non-hydrogen) atoms. The molecule has 4 aromatic carbocycles. The Labute approximate surface area is 259 Å². The summed E-state index contributed by atoms with van der Waals surface area (Å²) in [7, 11) is -2.52. The van der Waals surface area contributed by atoms with Gasteiger partial charge < -0.3 is 9.47 Å². The number of nitrogens with one attached hydrogen (secondary N) is 1. The fraction of sp³-hybridized carbons (Fsp3) is 0.161. The summed E-state index contributed by atoms with van der Waals surface area (Å²) in [6.07, 6.45) is 1.43. The molecule has 0 saturated carbocycles. The number of methoxy groups -OCH3 is 1. The van der Waals surface area contributed by atoms with Gasteiger partial charge in [0, 0.05) is 10.6 Å². The average molecular weight is 671 g/mol. The van der Waals surface area contributed by atoms with Crippen molar-refractivity contribution in [3.05, 3.63) is 117 Å². The Kier molecular flexibility index (Phi) is 10.3. The highest BCUT2D eigenvalue weighted by Gasteiger charge is 2.27. The Morgan fingerprint density at radius 3 is 2.43 bits per heavy atom. The Morgan fingerprint density at radius 2 is 1.74 bits per heavy atom. The van der Waals surface area contributed by atoms with Crippen LogP contribution in [0, 0.1) is 13.8 Å². The van der Waals surface area contributed by atoms with Crippen LogP contribution in [0.2, 0.25) is 5.02 Å². The third-order valence-electron chi connectivity index (χ3n) is 6.17. The second-order valence-corrected chi connectivity index (χ2v) is 12.5. The number of hydrazone groups is 1. The van der Waals surface area contributed by atoms with E-state index in [1.165, 1.54) is 25.5 Å². The summed E-state index contributed by atoms with van der Waals surface area (Å²) < 4.78 is 40.3. The molecule has 0 aliphatic carbocycles. The third kappa shape index (κ3) is 7.70. The van der Waals surface area contributed by atoms with Crippen molar-refractivity contribution in [3.63, 3.8) is 0 Å². The van der Waals surface area contributed by atoms with Gasteiger partial charge in [-0.3, -0.25) is 9.10 Å². The molecule has 0 aliphatic heterocycles. The van der Waals surface area contributed by atoms with Gasteiger partial charge in [-0.2, -0.15) is 5.10 Å². The zero-order valence-electron chi connectivity index (χ0n) is 23.2. The Morgan fingerprint density at radius 1 is 1.00 bits per heavy atom. The summed E-state index contributed by atoms with van der Waals surface area (Å²) in [5.41, 5.74) is 6.00. The largest absolute Gasteiger partial charge is 0.493 e. The molecule has 0 bridgehead atoms. The van der Waals surface area contributed by atoms with E-state index < -0.39 is 22.5 Å². The van der Waals surface area contributed by atoms with Gasteiger partial charge >= 0.3 is 0 Å². The summed E-state index contributed by atoms with van der Waals surface area (Å²) in [4.78, 5) is 13.0. The van der Waals surface area contributed by atoms with Crippen LogP contribution in [0.5, 0.6) is 11.5 Å². The molecule has 1 N–H and O–H groups in total. The maximum Gasteiger partial charge on any atom is 0.264 e. The van der Waals surface area contributed by atoms with Gasteiger partial charge in [0.25, 0.3) is 15.9 Å². The number of hydrogen-bond acceptors (Lipinski definition) is 6. The zero-order valence-corrected chi connectivity index (χ0v) is 26.3. The fourth-order valence-corrected chi connectivity index (χ4v) is 6.18. The minimum absolute atomic E-state index is 0.0831. The highest BCUT2D eigenvalue weighted by Crippen LogP contribution is 2.37. The SMILES string of the molecule is COc1cc(/C=N/NC(=O)CN(c2cccc(C)c2)S(=O)(=O)c2ccc(C)cc2)cc(Br)c1OCc1ccccc1Cl. The number of anilines is 1. The highest BCUT2D eigenvalue weighted by molar-refractivity contribution is 9.10. The highest BCUT2D eigenvalue weighted by atomic mass is 79.9. The first-order valence-electron chi connectivity index (χ1n) is 12.8. The number of benzene rings is 4. The van der Waals surface area contributed by atoms with Gasteiger partial charge in [0.2, 0.25) is 0 Å². The molecule has 1 amide bonds. The van der Waals surface area contributed by atoms with E-state index in [-0.39, 0.29) is 11.5 Å². The smallest absolute Gasteiger partial charge is 0.264 e.